The van der Waals surface area contributed by atoms with Crippen LogP contribution in [0, 0.1) is 0 Å². The molecule has 0 atom stereocenters. The molecule has 27 rings (SSSR count). The van der Waals surface area contributed by atoms with Gasteiger partial charge >= 0.3 is 0 Å². The summed E-state index contributed by atoms with van der Waals surface area (Å²) in [7, 11) is 0. The van der Waals surface area contributed by atoms with Gasteiger partial charge in [-0.05, 0) is 103 Å². The fourth-order valence-corrected chi connectivity index (χ4v) is 18.1. The van der Waals surface area contributed by atoms with E-state index in [0.29, 0.717) is 80.4 Å². The van der Waals surface area contributed by atoms with E-state index in [9.17, 15) is 0 Å². The summed E-state index contributed by atoms with van der Waals surface area (Å²) < 4.78 is 18.9. The Labute approximate surface area is 793 Å². The van der Waals surface area contributed by atoms with Crippen molar-refractivity contribution in [3.8, 4) is 158 Å². The van der Waals surface area contributed by atoms with Crippen molar-refractivity contribution in [2.75, 3.05) is 0 Å². The van der Waals surface area contributed by atoms with Crippen LogP contribution in [0.2, 0.25) is 0 Å². The SMILES string of the molecule is c1ccc(-c2ccc(-c3nc(-c4ccccc4)nc(-c4ccc(-c5cc6cncnc6c6c5oc5ccccc56)cc4)n3)cc2)cc1.c1ccc(-c2ccc(-c3nc(-c4ccccc4)nc(-c4ccc(-c5ncnc6c5oc5ccc7ccccc7c56)cc4)n3)cc2)cc1.c1ccc(-c2ccc(-c3nc(-c4ccccc4)nc(-c4ccc5c(ccc6oc7nc8cccnc8nc7c65)c4)n3)cc2)cc1. The van der Waals surface area contributed by atoms with Gasteiger partial charge in [0.15, 0.2) is 63.6 Å². The Kier molecular flexibility index (Phi) is 20.7. The highest BCUT2D eigenvalue weighted by atomic mass is 16.3. The first-order chi connectivity index (χ1) is 68.8. The molecular weight excluding hydrogens is 1710 g/mol. The summed E-state index contributed by atoms with van der Waals surface area (Å²) in [6.07, 6.45) is 6.77. The first-order valence-corrected chi connectivity index (χ1v) is 45.4. The normalized spacial score (nSPS) is 11.5. The number of para-hydroxylation sites is 1. The van der Waals surface area contributed by atoms with Crippen molar-refractivity contribution >= 4 is 110 Å². The molecule has 10 heterocycles. The number of pyridine rings is 1. The monoisotopic (exact) mass is 1780 g/mol. The molecule has 0 aliphatic heterocycles. The third-order valence-electron chi connectivity index (χ3n) is 25.0. The average Bonchev–Trinajstić information content (AvgIpc) is 1.59. The molecule has 17 aromatic carbocycles. The molecule has 0 amide bonds. The van der Waals surface area contributed by atoms with Crippen molar-refractivity contribution in [2.45, 2.75) is 0 Å². The molecule has 19 heteroatoms. The minimum Gasteiger partial charge on any atom is -0.455 e. The lowest BCUT2D eigenvalue weighted by atomic mass is 9.98. The summed E-state index contributed by atoms with van der Waals surface area (Å²) in [5, 5.41) is 9.17. The second kappa shape index (κ2) is 35.3. The zero-order valence-corrected chi connectivity index (χ0v) is 73.9. The Hall–Kier alpha value is -19.4. The number of aromatic nitrogens is 16. The summed E-state index contributed by atoms with van der Waals surface area (Å²) in [5.41, 5.74) is 26.7. The average molecular weight is 1790 g/mol. The van der Waals surface area contributed by atoms with E-state index in [4.69, 9.17) is 63.1 Å². The lowest BCUT2D eigenvalue weighted by Gasteiger charge is -2.10. The number of hydrogen-bond donors (Lipinski definition) is 0. The van der Waals surface area contributed by atoms with Crippen LogP contribution in [0.25, 0.3) is 268 Å². The van der Waals surface area contributed by atoms with Crippen LogP contribution in [0.4, 0.5) is 0 Å². The van der Waals surface area contributed by atoms with E-state index in [1.807, 2.05) is 243 Å². The van der Waals surface area contributed by atoms with Gasteiger partial charge in [-0.3, -0.25) is 0 Å². The molecule has 19 nitrogen and oxygen atoms in total. The molecule has 0 radical (unpaired) electrons. The van der Waals surface area contributed by atoms with E-state index in [2.05, 4.69) is 206 Å². The van der Waals surface area contributed by atoms with Gasteiger partial charge in [0, 0.05) is 84.4 Å². The first kappa shape index (κ1) is 81.6. The van der Waals surface area contributed by atoms with Crippen LogP contribution in [-0.2, 0) is 0 Å². The van der Waals surface area contributed by atoms with Gasteiger partial charge in [0.05, 0.1) is 21.7 Å². The molecule has 650 valence electrons. The van der Waals surface area contributed by atoms with E-state index in [1.54, 1.807) is 18.9 Å². The van der Waals surface area contributed by atoms with Gasteiger partial charge < -0.3 is 13.3 Å². The molecule has 27 aromatic rings. The summed E-state index contributed by atoms with van der Waals surface area (Å²) in [5.74, 6) is 5.51. The minimum atomic E-state index is 0.495. The molecule has 10 aromatic heterocycles. The summed E-state index contributed by atoms with van der Waals surface area (Å²) in [6.45, 7) is 0. The van der Waals surface area contributed by atoms with E-state index in [-0.39, 0.29) is 0 Å². The molecule has 0 saturated carbocycles. The zero-order chi connectivity index (χ0) is 92.1. The fourth-order valence-electron chi connectivity index (χ4n) is 18.1. The van der Waals surface area contributed by atoms with Gasteiger partial charge in [0.2, 0.25) is 5.71 Å². The maximum atomic E-state index is 6.43. The highest BCUT2D eigenvalue weighted by Gasteiger charge is 2.24. The number of rotatable bonds is 14. The van der Waals surface area contributed by atoms with E-state index < -0.39 is 0 Å². The van der Waals surface area contributed by atoms with Gasteiger partial charge in [-0.2, -0.15) is 0 Å². The molecule has 0 fully saturated rings. The van der Waals surface area contributed by atoms with Crippen molar-refractivity contribution in [1.82, 2.24) is 79.7 Å². The highest BCUT2D eigenvalue weighted by molar-refractivity contribution is 6.22. The lowest BCUT2D eigenvalue weighted by molar-refractivity contribution is 0.655. The Morgan fingerprint density at radius 1 is 0.194 bits per heavy atom. The lowest BCUT2D eigenvalue weighted by Crippen LogP contribution is -2.00. The third kappa shape index (κ3) is 15.8. The first-order valence-electron chi connectivity index (χ1n) is 45.4. The second-order valence-corrected chi connectivity index (χ2v) is 33.6. The Morgan fingerprint density at radius 2 is 0.568 bits per heavy atom. The molecular formula is C120H72N16O3. The maximum Gasteiger partial charge on any atom is 0.247 e. The summed E-state index contributed by atoms with van der Waals surface area (Å²) >= 11 is 0. The van der Waals surface area contributed by atoms with E-state index in [1.165, 1.54) is 5.56 Å². The number of fused-ring (bicyclic) bond motifs is 16. The van der Waals surface area contributed by atoms with Crippen molar-refractivity contribution < 1.29 is 13.3 Å². The Balaban J connectivity index is 0.000000110. The maximum absolute atomic E-state index is 6.43. The number of hydrogen-bond acceptors (Lipinski definition) is 19. The van der Waals surface area contributed by atoms with Crippen LogP contribution < -0.4 is 0 Å². The largest absolute Gasteiger partial charge is 0.455 e. The zero-order valence-electron chi connectivity index (χ0n) is 73.9. The quantitative estimate of drug-likeness (QED) is 0.0981. The van der Waals surface area contributed by atoms with Crippen LogP contribution >= 0.6 is 0 Å². The molecule has 0 bridgehead atoms. The number of benzene rings is 17. The summed E-state index contributed by atoms with van der Waals surface area (Å²) in [4.78, 5) is 76.4. The van der Waals surface area contributed by atoms with Crippen LogP contribution in [0.3, 0.4) is 0 Å². The molecule has 0 aliphatic carbocycles. The van der Waals surface area contributed by atoms with Gasteiger partial charge in [-0.15, -0.1) is 0 Å². The summed E-state index contributed by atoms with van der Waals surface area (Å²) in [6, 6.07) is 139. The second-order valence-electron chi connectivity index (χ2n) is 33.6. The Morgan fingerprint density at radius 3 is 1.07 bits per heavy atom. The third-order valence-corrected chi connectivity index (χ3v) is 25.0. The standard InChI is InChI=1S/2C41H25N5O.C38H22N6O/c1-3-9-26(10-4-1)27-15-19-31(20-16-27)40-44-39(30-12-5-2-6-13-30)45-41(46-40)32-21-17-29(18-22-32)36-38-37(43-25-42-36)35-33-14-8-7-11-28(33)23-24-34(35)47-38;1-3-9-26(10-4-1)27-15-19-30(20-16-27)40-44-39(29-11-5-2-6-12-29)45-41(46-40)31-21-17-28(18-22-31)34-23-32-24-42-25-43-37(32)36-33-13-7-8-14-35(33)47-38(34)36;1-3-8-23(9-4-1)24-13-15-26(16-14-24)35-42-34(25-10-5-2-6-11-25)43-36(44-35)28-17-19-29-27(22-28)18-20-31-32(29)33-38(45-31)40-30-12-7-21-39-37(30)41-33/h2*1-25H;1-22H. The van der Waals surface area contributed by atoms with Crippen LogP contribution in [0.5, 0.6) is 0 Å². The predicted molar refractivity (Wildman–Crippen MR) is 552 cm³/mol. The van der Waals surface area contributed by atoms with Crippen molar-refractivity contribution in [3.63, 3.8) is 0 Å². The van der Waals surface area contributed by atoms with Gasteiger partial charge in [0.25, 0.3) is 0 Å². The van der Waals surface area contributed by atoms with Gasteiger partial charge in [0.1, 0.15) is 57.2 Å². The predicted octanol–water partition coefficient (Wildman–Crippen LogP) is 29.0. The molecule has 0 unspecified atom stereocenters. The van der Waals surface area contributed by atoms with E-state index in [0.717, 1.165) is 182 Å². The van der Waals surface area contributed by atoms with Crippen molar-refractivity contribution in [1.29, 1.82) is 0 Å². The molecule has 0 aliphatic rings. The van der Waals surface area contributed by atoms with Crippen molar-refractivity contribution in [3.05, 3.63) is 438 Å². The number of furan rings is 3. The molecule has 139 heavy (non-hydrogen) atoms. The molecule has 0 N–H and O–H groups in total. The number of nitrogens with zero attached hydrogens (tertiary/aromatic N) is 16. The molecule has 0 spiro atoms. The van der Waals surface area contributed by atoms with Gasteiger partial charge in [-0.25, -0.2) is 79.7 Å². The Bertz CT molecular complexity index is 9340. The van der Waals surface area contributed by atoms with Crippen molar-refractivity contribution in [2.24, 2.45) is 0 Å². The topological polar surface area (TPSA) is 246 Å². The molecule has 0 saturated heterocycles. The highest BCUT2D eigenvalue weighted by Crippen LogP contribution is 2.44. The van der Waals surface area contributed by atoms with Gasteiger partial charge in [-0.1, -0.05) is 370 Å². The van der Waals surface area contributed by atoms with Crippen LogP contribution in [0.15, 0.2) is 451 Å². The van der Waals surface area contributed by atoms with Crippen LogP contribution in [0.1, 0.15) is 0 Å². The van der Waals surface area contributed by atoms with E-state index >= 15 is 0 Å². The smallest absolute Gasteiger partial charge is 0.247 e. The van der Waals surface area contributed by atoms with Crippen LogP contribution in [-0.4, -0.2) is 79.7 Å². The fraction of sp³-hybridized carbons (Fsp3) is 0. The minimum absolute atomic E-state index is 0.495.